The molecular formula is C11H13FN2O. The molecule has 0 saturated carbocycles. The molecule has 0 spiro atoms. The van der Waals surface area contributed by atoms with Crippen molar-refractivity contribution in [3.8, 4) is 0 Å². The number of nitrogens with two attached hydrogens (primary N) is 1. The Kier molecular flexibility index (Phi) is 2.44. The molecule has 0 aromatic heterocycles. The molecular weight excluding hydrogens is 195 g/mol. The highest BCUT2D eigenvalue weighted by Gasteiger charge is 2.35. The van der Waals surface area contributed by atoms with E-state index in [0.717, 1.165) is 5.56 Å². The van der Waals surface area contributed by atoms with Crippen LogP contribution in [0.5, 0.6) is 0 Å². The molecule has 80 valence electrons. The van der Waals surface area contributed by atoms with E-state index in [9.17, 15) is 9.18 Å². The lowest BCUT2D eigenvalue weighted by Crippen LogP contribution is -2.31. The number of hydrogen-bond donors (Lipinski definition) is 1. The number of nitrogens with zero attached hydrogens (tertiary/aromatic N) is 1. The van der Waals surface area contributed by atoms with Gasteiger partial charge in [-0.25, -0.2) is 4.39 Å². The summed E-state index contributed by atoms with van der Waals surface area (Å²) in [5.74, 6) is -0.363. The monoisotopic (exact) mass is 208 g/mol. The number of halogens is 1. The zero-order valence-corrected chi connectivity index (χ0v) is 8.48. The molecule has 0 unspecified atom stereocenters. The van der Waals surface area contributed by atoms with Crippen molar-refractivity contribution in [2.75, 3.05) is 7.05 Å². The van der Waals surface area contributed by atoms with Crippen molar-refractivity contribution in [3.63, 3.8) is 0 Å². The van der Waals surface area contributed by atoms with Crippen LogP contribution in [-0.4, -0.2) is 23.9 Å². The van der Waals surface area contributed by atoms with Gasteiger partial charge in [0, 0.05) is 7.05 Å². The summed E-state index contributed by atoms with van der Waals surface area (Å²) in [6.07, 6.45) is 0.554. The van der Waals surface area contributed by atoms with Crippen LogP contribution in [0.3, 0.4) is 0 Å². The van der Waals surface area contributed by atoms with Crippen LogP contribution in [0.15, 0.2) is 24.3 Å². The molecule has 1 heterocycles. The SMILES string of the molecule is CN1C(=O)[C@@H](N)C[C@H]1c1cccc(F)c1. The maximum atomic E-state index is 13.0. The first-order valence-electron chi connectivity index (χ1n) is 4.87. The lowest BCUT2D eigenvalue weighted by atomic mass is 10.0. The van der Waals surface area contributed by atoms with Crippen molar-refractivity contribution >= 4 is 5.91 Å². The van der Waals surface area contributed by atoms with E-state index in [4.69, 9.17) is 5.73 Å². The summed E-state index contributed by atoms with van der Waals surface area (Å²) in [7, 11) is 1.70. The first-order chi connectivity index (χ1) is 7.09. The van der Waals surface area contributed by atoms with Crippen LogP contribution in [0.2, 0.25) is 0 Å². The quantitative estimate of drug-likeness (QED) is 0.750. The second-order valence-electron chi connectivity index (χ2n) is 3.86. The summed E-state index contributed by atoms with van der Waals surface area (Å²) in [5.41, 5.74) is 6.45. The van der Waals surface area contributed by atoms with Gasteiger partial charge in [-0.05, 0) is 24.1 Å². The van der Waals surface area contributed by atoms with Gasteiger partial charge in [0.25, 0.3) is 0 Å². The van der Waals surface area contributed by atoms with E-state index in [2.05, 4.69) is 0 Å². The van der Waals surface area contributed by atoms with Crippen LogP contribution in [0.4, 0.5) is 4.39 Å². The lowest BCUT2D eigenvalue weighted by Gasteiger charge is -2.19. The minimum atomic E-state index is -0.455. The van der Waals surface area contributed by atoms with Crippen LogP contribution in [-0.2, 0) is 4.79 Å². The van der Waals surface area contributed by atoms with Crippen molar-refractivity contribution < 1.29 is 9.18 Å². The first kappa shape index (κ1) is 10.1. The predicted molar refractivity (Wildman–Crippen MR) is 54.5 cm³/mol. The van der Waals surface area contributed by atoms with Crippen LogP contribution in [0.1, 0.15) is 18.0 Å². The number of hydrogen-bond acceptors (Lipinski definition) is 2. The van der Waals surface area contributed by atoms with Gasteiger partial charge in [0.2, 0.25) is 5.91 Å². The van der Waals surface area contributed by atoms with Gasteiger partial charge in [0.05, 0.1) is 12.1 Å². The number of amides is 1. The standard InChI is InChI=1S/C11H13FN2O/c1-14-10(6-9(13)11(14)15)7-3-2-4-8(12)5-7/h2-5,9-10H,6,13H2,1H3/t9-,10-/m0/s1. The molecule has 1 aliphatic rings. The van der Waals surface area contributed by atoms with E-state index in [1.807, 2.05) is 6.07 Å². The predicted octanol–water partition coefficient (Wildman–Crippen LogP) is 1.06. The van der Waals surface area contributed by atoms with E-state index in [1.54, 1.807) is 18.0 Å². The molecule has 1 aromatic rings. The smallest absolute Gasteiger partial charge is 0.239 e. The lowest BCUT2D eigenvalue weighted by molar-refractivity contribution is -0.128. The minimum Gasteiger partial charge on any atom is -0.337 e. The molecule has 0 aliphatic carbocycles. The number of carbonyl (C=O) groups is 1. The van der Waals surface area contributed by atoms with E-state index < -0.39 is 6.04 Å². The molecule has 1 amide bonds. The highest BCUT2D eigenvalue weighted by atomic mass is 19.1. The Labute approximate surface area is 87.7 Å². The zero-order valence-electron chi connectivity index (χ0n) is 8.48. The van der Waals surface area contributed by atoms with Crippen molar-refractivity contribution in [3.05, 3.63) is 35.6 Å². The third-order valence-corrected chi connectivity index (χ3v) is 2.84. The van der Waals surface area contributed by atoms with Crippen LogP contribution in [0.25, 0.3) is 0 Å². The molecule has 1 saturated heterocycles. The average molecular weight is 208 g/mol. The van der Waals surface area contributed by atoms with Crippen LogP contribution >= 0.6 is 0 Å². The highest BCUT2D eigenvalue weighted by Crippen LogP contribution is 2.30. The molecule has 4 heteroatoms. The second kappa shape index (κ2) is 3.62. The Balaban J connectivity index is 2.29. The molecule has 1 aromatic carbocycles. The fraction of sp³-hybridized carbons (Fsp3) is 0.364. The number of rotatable bonds is 1. The highest BCUT2D eigenvalue weighted by molar-refractivity contribution is 5.84. The fourth-order valence-electron chi connectivity index (χ4n) is 1.99. The molecule has 0 bridgehead atoms. The molecule has 2 N–H and O–H groups in total. The van der Waals surface area contributed by atoms with Crippen LogP contribution < -0.4 is 5.73 Å². The van der Waals surface area contributed by atoms with Gasteiger partial charge >= 0.3 is 0 Å². The van der Waals surface area contributed by atoms with Gasteiger partial charge in [0.1, 0.15) is 5.82 Å². The molecule has 2 atom stereocenters. The largest absolute Gasteiger partial charge is 0.337 e. The second-order valence-corrected chi connectivity index (χ2v) is 3.86. The third-order valence-electron chi connectivity index (χ3n) is 2.84. The fourth-order valence-corrected chi connectivity index (χ4v) is 1.99. The number of likely N-dealkylation sites (N-methyl/N-ethyl adjacent to an activating group) is 1. The molecule has 0 radical (unpaired) electrons. The first-order valence-corrected chi connectivity index (χ1v) is 4.87. The van der Waals surface area contributed by atoms with Gasteiger partial charge in [-0.3, -0.25) is 4.79 Å². The summed E-state index contributed by atoms with van der Waals surface area (Å²) in [5, 5.41) is 0. The summed E-state index contributed by atoms with van der Waals surface area (Å²) < 4.78 is 13.0. The summed E-state index contributed by atoms with van der Waals surface area (Å²) in [6.45, 7) is 0. The number of carbonyl (C=O) groups excluding carboxylic acids is 1. The van der Waals surface area contributed by atoms with Crippen molar-refractivity contribution in [2.24, 2.45) is 5.73 Å². The van der Waals surface area contributed by atoms with E-state index >= 15 is 0 Å². The molecule has 15 heavy (non-hydrogen) atoms. The Bertz CT molecular complexity index is 394. The van der Waals surface area contributed by atoms with E-state index in [1.165, 1.54) is 12.1 Å². The van der Waals surface area contributed by atoms with Crippen LogP contribution in [0, 0.1) is 5.82 Å². The van der Waals surface area contributed by atoms with Gasteiger partial charge in [0.15, 0.2) is 0 Å². The summed E-state index contributed by atoms with van der Waals surface area (Å²) in [6, 6.07) is 5.75. The topological polar surface area (TPSA) is 46.3 Å². The van der Waals surface area contributed by atoms with Crippen molar-refractivity contribution in [1.82, 2.24) is 4.90 Å². The Hall–Kier alpha value is -1.42. The summed E-state index contributed by atoms with van der Waals surface area (Å²) >= 11 is 0. The van der Waals surface area contributed by atoms with Gasteiger partial charge < -0.3 is 10.6 Å². The summed E-state index contributed by atoms with van der Waals surface area (Å²) in [4.78, 5) is 13.1. The normalized spacial score (nSPS) is 26.1. The Morgan fingerprint density at radius 2 is 2.27 bits per heavy atom. The van der Waals surface area contributed by atoms with Gasteiger partial charge in [-0.15, -0.1) is 0 Å². The molecule has 1 aliphatic heterocycles. The maximum Gasteiger partial charge on any atom is 0.239 e. The zero-order chi connectivity index (χ0) is 11.0. The maximum absolute atomic E-state index is 13.0. The average Bonchev–Trinajstić information content (AvgIpc) is 2.46. The van der Waals surface area contributed by atoms with Gasteiger partial charge in [-0.1, -0.05) is 12.1 Å². The molecule has 1 fully saturated rings. The minimum absolute atomic E-state index is 0.0794. The van der Waals surface area contributed by atoms with Crippen molar-refractivity contribution in [2.45, 2.75) is 18.5 Å². The molecule has 3 nitrogen and oxygen atoms in total. The van der Waals surface area contributed by atoms with E-state index in [-0.39, 0.29) is 17.8 Å². The Morgan fingerprint density at radius 3 is 2.80 bits per heavy atom. The Morgan fingerprint density at radius 1 is 1.53 bits per heavy atom. The number of benzene rings is 1. The molecule has 2 rings (SSSR count). The third kappa shape index (κ3) is 1.72. The van der Waals surface area contributed by atoms with Crippen molar-refractivity contribution in [1.29, 1.82) is 0 Å². The number of likely N-dealkylation sites (tertiary alicyclic amines) is 1. The van der Waals surface area contributed by atoms with E-state index in [0.29, 0.717) is 6.42 Å². The van der Waals surface area contributed by atoms with Gasteiger partial charge in [-0.2, -0.15) is 0 Å².